The lowest BCUT2D eigenvalue weighted by molar-refractivity contribution is 0.145. The van der Waals surface area contributed by atoms with Crippen molar-refractivity contribution in [1.82, 2.24) is 20.2 Å². The lowest BCUT2D eigenvalue weighted by atomic mass is 10.0. The smallest absolute Gasteiger partial charge is 0.137 e. The number of nitrogens with one attached hydrogen (secondary N) is 2. The van der Waals surface area contributed by atoms with Gasteiger partial charge < -0.3 is 10.3 Å². The fourth-order valence-corrected chi connectivity index (χ4v) is 3.57. The molecule has 0 radical (unpaired) electrons. The Labute approximate surface area is 129 Å². The quantitative estimate of drug-likeness (QED) is 0.894. The summed E-state index contributed by atoms with van der Waals surface area (Å²) in [5.74, 6) is 0.569. The van der Waals surface area contributed by atoms with E-state index in [1.54, 1.807) is 6.07 Å². The maximum absolute atomic E-state index is 13.4. The second-order valence-corrected chi connectivity index (χ2v) is 6.22. The van der Waals surface area contributed by atoms with E-state index >= 15 is 0 Å². The molecule has 0 spiro atoms. The highest BCUT2D eigenvalue weighted by Crippen LogP contribution is 2.25. The van der Waals surface area contributed by atoms with E-state index in [4.69, 9.17) is 0 Å². The molecule has 0 atom stereocenters. The maximum Gasteiger partial charge on any atom is 0.137 e. The zero-order chi connectivity index (χ0) is 14.9. The Balaban J connectivity index is 1.55. The van der Waals surface area contributed by atoms with Gasteiger partial charge in [-0.05, 0) is 38.1 Å². The Kier molecular flexibility index (Phi) is 3.68. The molecule has 2 aliphatic rings. The zero-order valence-corrected chi connectivity index (χ0v) is 12.6. The van der Waals surface area contributed by atoms with Crippen LogP contribution < -0.4 is 5.32 Å². The van der Waals surface area contributed by atoms with E-state index in [2.05, 4.69) is 20.2 Å². The molecule has 22 heavy (non-hydrogen) atoms. The third-order valence-corrected chi connectivity index (χ3v) is 4.78. The summed E-state index contributed by atoms with van der Waals surface area (Å²) in [5.41, 5.74) is 3.16. The first-order chi connectivity index (χ1) is 10.8. The molecule has 1 saturated heterocycles. The van der Waals surface area contributed by atoms with Gasteiger partial charge in [-0.2, -0.15) is 0 Å². The van der Waals surface area contributed by atoms with E-state index in [0.29, 0.717) is 6.04 Å². The summed E-state index contributed by atoms with van der Waals surface area (Å²) in [5, 5.41) is 3.42. The van der Waals surface area contributed by atoms with Crippen LogP contribution in [0.3, 0.4) is 0 Å². The van der Waals surface area contributed by atoms with E-state index in [9.17, 15) is 4.39 Å². The van der Waals surface area contributed by atoms with E-state index in [1.165, 1.54) is 30.7 Å². The summed E-state index contributed by atoms with van der Waals surface area (Å²) >= 11 is 0. The molecule has 2 N–H and O–H groups in total. The van der Waals surface area contributed by atoms with Crippen molar-refractivity contribution in [3.05, 3.63) is 41.5 Å². The molecule has 4 rings (SSSR count). The lowest BCUT2D eigenvalue weighted by Gasteiger charge is -2.36. The van der Waals surface area contributed by atoms with Crippen molar-refractivity contribution in [3.8, 4) is 11.4 Å². The summed E-state index contributed by atoms with van der Waals surface area (Å²) in [7, 11) is 0. The van der Waals surface area contributed by atoms with Crippen LogP contribution in [0.4, 0.5) is 4.39 Å². The zero-order valence-electron chi connectivity index (χ0n) is 12.6. The van der Waals surface area contributed by atoms with Crippen molar-refractivity contribution in [3.63, 3.8) is 0 Å². The number of imidazole rings is 1. The van der Waals surface area contributed by atoms with Gasteiger partial charge >= 0.3 is 0 Å². The Bertz CT molecular complexity index is 660. The topological polar surface area (TPSA) is 44.0 Å². The molecule has 0 bridgehead atoms. The summed E-state index contributed by atoms with van der Waals surface area (Å²) < 4.78 is 13.4. The van der Waals surface area contributed by atoms with E-state index in [-0.39, 0.29) is 5.82 Å². The Hall–Kier alpha value is -1.72. The van der Waals surface area contributed by atoms with Crippen LogP contribution in [0.25, 0.3) is 11.4 Å². The summed E-state index contributed by atoms with van der Waals surface area (Å²) in [6.45, 7) is 4.24. The Morgan fingerprint density at radius 2 is 2.09 bits per heavy atom. The second kappa shape index (κ2) is 5.82. The maximum atomic E-state index is 13.4. The molecule has 0 saturated carbocycles. The molecule has 0 amide bonds. The van der Waals surface area contributed by atoms with Crippen LogP contribution >= 0.6 is 0 Å². The van der Waals surface area contributed by atoms with Crippen LogP contribution in [-0.2, 0) is 13.0 Å². The van der Waals surface area contributed by atoms with Gasteiger partial charge in [0.25, 0.3) is 0 Å². The third-order valence-electron chi connectivity index (χ3n) is 4.78. The molecule has 5 heteroatoms. The first kappa shape index (κ1) is 13.9. The fourth-order valence-electron chi connectivity index (χ4n) is 3.57. The fraction of sp³-hybridized carbons (Fsp3) is 0.471. The molecule has 116 valence electrons. The minimum Gasteiger partial charge on any atom is -0.341 e. The average molecular weight is 300 g/mol. The minimum absolute atomic E-state index is 0.219. The second-order valence-electron chi connectivity index (χ2n) is 6.22. The number of fused-ring (bicyclic) bond motifs is 1. The number of benzene rings is 1. The predicted molar refractivity (Wildman–Crippen MR) is 84.0 cm³/mol. The van der Waals surface area contributed by atoms with Crippen molar-refractivity contribution >= 4 is 0 Å². The number of nitrogens with zero attached hydrogens (tertiary/aromatic N) is 2. The minimum atomic E-state index is -0.219. The highest BCUT2D eigenvalue weighted by atomic mass is 19.1. The molecule has 0 unspecified atom stereocenters. The highest BCUT2D eigenvalue weighted by Gasteiger charge is 2.27. The molecule has 2 aromatic rings. The normalized spacial score (nSPS) is 20.0. The molecule has 3 heterocycles. The van der Waals surface area contributed by atoms with Gasteiger partial charge in [0, 0.05) is 31.1 Å². The van der Waals surface area contributed by atoms with Gasteiger partial charge in [-0.1, -0.05) is 12.1 Å². The summed E-state index contributed by atoms with van der Waals surface area (Å²) in [4.78, 5) is 10.7. The van der Waals surface area contributed by atoms with E-state index in [0.717, 1.165) is 49.7 Å². The first-order valence-electron chi connectivity index (χ1n) is 8.08. The van der Waals surface area contributed by atoms with Crippen molar-refractivity contribution in [1.29, 1.82) is 0 Å². The largest absolute Gasteiger partial charge is 0.341 e. The van der Waals surface area contributed by atoms with Crippen molar-refractivity contribution < 1.29 is 4.39 Å². The van der Waals surface area contributed by atoms with Crippen molar-refractivity contribution in [2.45, 2.75) is 31.8 Å². The van der Waals surface area contributed by atoms with Gasteiger partial charge in [0.2, 0.25) is 0 Å². The van der Waals surface area contributed by atoms with Gasteiger partial charge in [0.1, 0.15) is 11.6 Å². The number of halogens is 1. The standard InChI is InChI=1S/C17H21FN4/c18-13-3-1-2-12(10-13)17-20-15-6-9-22(11-16(15)21-17)14-4-7-19-8-5-14/h1-3,10,14,19H,4-9,11H2,(H,20,21). The van der Waals surface area contributed by atoms with Gasteiger partial charge in [-0.25, -0.2) is 9.37 Å². The number of hydrogen-bond donors (Lipinski definition) is 2. The van der Waals surface area contributed by atoms with E-state index < -0.39 is 0 Å². The molecule has 1 aromatic heterocycles. The van der Waals surface area contributed by atoms with Crippen LogP contribution in [-0.4, -0.2) is 40.5 Å². The van der Waals surface area contributed by atoms with Gasteiger partial charge in [0.15, 0.2) is 0 Å². The molecule has 1 aromatic carbocycles. The third kappa shape index (κ3) is 2.66. The monoisotopic (exact) mass is 300 g/mol. The lowest BCUT2D eigenvalue weighted by Crippen LogP contribution is -2.45. The van der Waals surface area contributed by atoms with Crippen LogP contribution in [0.15, 0.2) is 24.3 Å². The number of piperidine rings is 1. The van der Waals surface area contributed by atoms with Gasteiger partial charge in [0.05, 0.1) is 11.4 Å². The molecule has 0 aliphatic carbocycles. The number of rotatable bonds is 2. The Morgan fingerprint density at radius 3 is 2.91 bits per heavy atom. The molecular formula is C17H21FN4. The summed E-state index contributed by atoms with van der Waals surface area (Å²) in [6, 6.07) is 7.31. The number of aromatic amines is 1. The molecule has 2 aliphatic heterocycles. The van der Waals surface area contributed by atoms with E-state index in [1.807, 2.05) is 6.07 Å². The molecule has 4 nitrogen and oxygen atoms in total. The van der Waals surface area contributed by atoms with Gasteiger partial charge in [-0.3, -0.25) is 4.90 Å². The van der Waals surface area contributed by atoms with Crippen LogP contribution in [0, 0.1) is 5.82 Å². The number of aromatic nitrogens is 2. The first-order valence-corrected chi connectivity index (χ1v) is 8.08. The van der Waals surface area contributed by atoms with Crippen molar-refractivity contribution in [2.24, 2.45) is 0 Å². The Morgan fingerprint density at radius 1 is 1.23 bits per heavy atom. The number of H-pyrrole nitrogens is 1. The molecule has 1 fully saturated rings. The molecular weight excluding hydrogens is 279 g/mol. The number of hydrogen-bond acceptors (Lipinski definition) is 3. The predicted octanol–water partition coefficient (Wildman–Crippen LogP) is 2.33. The van der Waals surface area contributed by atoms with Crippen LogP contribution in [0.1, 0.15) is 24.2 Å². The van der Waals surface area contributed by atoms with Crippen LogP contribution in [0.2, 0.25) is 0 Å². The summed E-state index contributed by atoms with van der Waals surface area (Å²) in [6.07, 6.45) is 3.42. The average Bonchev–Trinajstić information content (AvgIpc) is 2.99. The SMILES string of the molecule is Fc1cccc(-c2nc3c([nH]2)CN(C2CCNCC2)CC3)c1. The van der Waals surface area contributed by atoms with Crippen molar-refractivity contribution in [2.75, 3.05) is 19.6 Å². The van der Waals surface area contributed by atoms with Crippen LogP contribution in [0.5, 0.6) is 0 Å². The highest BCUT2D eigenvalue weighted by molar-refractivity contribution is 5.56. The van der Waals surface area contributed by atoms with Gasteiger partial charge in [-0.15, -0.1) is 0 Å².